The Hall–Kier alpha value is -1.68. The highest BCUT2D eigenvalue weighted by atomic mass is 16.6. The molecule has 0 aliphatic rings. The van der Waals surface area contributed by atoms with Gasteiger partial charge in [0.1, 0.15) is 0 Å². The molecule has 0 saturated heterocycles. The van der Waals surface area contributed by atoms with Crippen molar-refractivity contribution >= 4 is 11.8 Å². The zero-order valence-electron chi connectivity index (χ0n) is 10.4. The van der Waals surface area contributed by atoms with Crippen LogP contribution in [0.4, 0.5) is 5.69 Å². The highest BCUT2D eigenvalue weighted by Gasteiger charge is 2.06. The molecule has 0 aliphatic carbocycles. The minimum absolute atomic E-state index is 0.127. The van der Waals surface area contributed by atoms with Gasteiger partial charge in [0, 0.05) is 18.2 Å². The average Bonchev–Trinajstić information content (AvgIpc) is 2.29. The van der Waals surface area contributed by atoms with E-state index in [1.165, 1.54) is 6.07 Å². The fraction of sp³-hybridized carbons (Fsp3) is 0.385. The zero-order chi connectivity index (χ0) is 12.8. The molecule has 0 bridgehead atoms. The van der Waals surface area contributed by atoms with Crippen molar-refractivity contribution in [3.05, 3.63) is 45.5 Å². The lowest BCUT2D eigenvalue weighted by atomic mass is 10.1. The van der Waals surface area contributed by atoms with E-state index in [4.69, 9.17) is 0 Å². The van der Waals surface area contributed by atoms with Crippen molar-refractivity contribution in [2.24, 2.45) is 0 Å². The summed E-state index contributed by atoms with van der Waals surface area (Å²) in [6, 6.07) is 6.94. The zero-order valence-corrected chi connectivity index (χ0v) is 10.4. The number of non-ortho nitro benzene ring substituents is 1. The molecule has 0 radical (unpaired) electrons. The molecule has 1 aromatic carbocycles. The van der Waals surface area contributed by atoms with Crippen LogP contribution in [0.15, 0.2) is 29.8 Å². The van der Waals surface area contributed by atoms with Gasteiger partial charge in [-0.25, -0.2) is 0 Å². The van der Waals surface area contributed by atoms with Gasteiger partial charge in [-0.2, -0.15) is 0 Å². The van der Waals surface area contributed by atoms with Crippen molar-refractivity contribution in [2.45, 2.75) is 26.8 Å². The second kappa shape index (κ2) is 6.15. The van der Waals surface area contributed by atoms with Gasteiger partial charge in [-0.1, -0.05) is 30.7 Å². The van der Waals surface area contributed by atoms with E-state index in [0.29, 0.717) is 0 Å². The Morgan fingerprint density at radius 1 is 1.59 bits per heavy atom. The maximum Gasteiger partial charge on any atom is 0.270 e. The fourth-order valence-corrected chi connectivity index (χ4v) is 1.58. The Bertz CT molecular complexity index is 427. The van der Waals surface area contributed by atoms with E-state index in [1.807, 2.05) is 19.1 Å². The Morgan fingerprint density at radius 3 is 2.88 bits per heavy atom. The molecule has 0 heterocycles. The van der Waals surface area contributed by atoms with E-state index in [1.54, 1.807) is 12.1 Å². The summed E-state index contributed by atoms with van der Waals surface area (Å²) in [6.07, 6.45) is 1.97. The van der Waals surface area contributed by atoms with Gasteiger partial charge in [-0.3, -0.25) is 10.1 Å². The average molecular weight is 234 g/mol. The van der Waals surface area contributed by atoms with Crippen LogP contribution < -0.4 is 5.32 Å². The quantitative estimate of drug-likeness (QED) is 0.629. The number of nitrogens with zero attached hydrogens (tertiary/aromatic N) is 1. The topological polar surface area (TPSA) is 55.2 Å². The minimum Gasteiger partial charge on any atom is -0.311 e. The van der Waals surface area contributed by atoms with Crippen molar-refractivity contribution in [1.29, 1.82) is 0 Å². The van der Waals surface area contributed by atoms with Gasteiger partial charge in [-0.15, -0.1) is 0 Å². The predicted octanol–water partition coefficient (Wildman–Crippen LogP) is 3.00. The van der Waals surface area contributed by atoms with Crippen molar-refractivity contribution < 1.29 is 4.92 Å². The van der Waals surface area contributed by atoms with E-state index in [-0.39, 0.29) is 16.7 Å². The molecule has 92 valence electrons. The number of hydrogen-bond donors (Lipinski definition) is 1. The number of rotatable bonds is 5. The maximum atomic E-state index is 10.6. The number of hydrogen-bond acceptors (Lipinski definition) is 3. The number of likely N-dealkylation sites (N-methyl/N-ethyl adjacent to an activating group) is 1. The monoisotopic (exact) mass is 234 g/mol. The Labute approximate surface area is 101 Å². The third-order valence-electron chi connectivity index (χ3n) is 2.67. The third kappa shape index (κ3) is 4.00. The van der Waals surface area contributed by atoms with Crippen LogP contribution in [0.25, 0.3) is 6.08 Å². The van der Waals surface area contributed by atoms with Crippen LogP contribution in [0.3, 0.4) is 0 Å². The molecule has 0 fully saturated rings. The maximum absolute atomic E-state index is 10.6. The van der Waals surface area contributed by atoms with Crippen molar-refractivity contribution in [2.75, 3.05) is 6.54 Å². The Kier molecular flexibility index (Phi) is 4.84. The summed E-state index contributed by atoms with van der Waals surface area (Å²) in [6.45, 7) is 7.05. The number of nitro benzene ring substituents is 1. The van der Waals surface area contributed by atoms with E-state index in [2.05, 4.69) is 19.2 Å². The molecule has 0 spiro atoms. The summed E-state index contributed by atoms with van der Waals surface area (Å²) in [4.78, 5) is 10.3. The molecule has 1 N–H and O–H groups in total. The summed E-state index contributed by atoms with van der Waals surface area (Å²) >= 11 is 0. The summed E-state index contributed by atoms with van der Waals surface area (Å²) in [5.74, 6) is 0. The van der Waals surface area contributed by atoms with E-state index in [9.17, 15) is 10.1 Å². The summed E-state index contributed by atoms with van der Waals surface area (Å²) in [5.41, 5.74) is 2.15. The van der Waals surface area contributed by atoms with Crippen LogP contribution in [-0.4, -0.2) is 17.5 Å². The first-order valence-electron chi connectivity index (χ1n) is 5.70. The summed E-state index contributed by atoms with van der Waals surface area (Å²) in [7, 11) is 0. The Morgan fingerprint density at radius 2 is 2.29 bits per heavy atom. The molecule has 4 heteroatoms. The summed E-state index contributed by atoms with van der Waals surface area (Å²) in [5, 5.41) is 13.9. The van der Waals surface area contributed by atoms with Crippen LogP contribution in [-0.2, 0) is 0 Å². The number of nitrogens with one attached hydrogen (secondary N) is 1. The van der Waals surface area contributed by atoms with Crippen LogP contribution >= 0.6 is 0 Å². The molecule has 0 saturated carbocycles. The standard InChI is InChI=1S/C13H18N2O2/c1-4-14-11(3)10(2)8-12-6-5-7-13(9-12)15(16)17/h5-9,11,14H,4H2,1-3H3/b10-8+. The lowest BCUT2D eigenvalue weighted by molar-refractivity contribution is -0.384. The van der Waals surface area contributed by atoms with Crippen LogP contribution in [0.1, 0.15) is 26.3 Å². The molecule has 1 atom stereocenters. The van der Waals surface area contributed by atoms with E-state index >= 15 is 0 Å². The SMILES string of the molecule is CCNC(C)/C(C)=C/c1cccc([N+](=O)[O-])c1. The van der Waals surface area contributed by atoms with Gasteiger partial charge in [-0.05, 0) is 26.0 Å². The molecule has 0 amide bonds. The van der Waals surface area contributed by atoms with Crippen molar-refractivity contribution in [3.63, 3.8) is 0 Å². The molecule has 1 aromatic rings. The first kappa shape index (κ1) is 13.4. The highest BCUT2D eigenvalue weighted by Crippen LogP contribution is 2.16. The second-order valence-corrected chi connectivity index (χ2v) is 4.02. The molecule has 4 nitrogen and oxygen atoms in total. The highest BCUT2D eigenvalue weighted by molar-refractivity contribution is 5.56. The van der Waals surface area contributed by atoms with E-state index in [0.717, 1.165) is 17.7 Å². The predicted molar refractivity (Wildman–Crippen MR) is 69.9 cm³/mol. The lowest BCUT2D eigenvalue weighted by Crippen LogP contribution is -2.26. The van der Waals surface area contributed by atoms with Crippen LogP contribution in [0.2, 0.25) is 0 Å². The molecule has 0 aromatic heterocycles. The number of nitro groups is 1. The van der Waals surface area contributed by atoms with Crippen LogP contribution in [0.5, 0.6) is 0 Å². The largest absolute Gasteiger partial charge is 0.311 e. The van der Waals surface area contributed by atoms with Gasteiger partial charge in [0.2, 0.25) is 0 Å². The molecule has 1 rings (SSSR count). The molecular weight excluding hydrogens is 216 g/mol. The first-order chi connectivity index (χ1) is 8.04. The van der Waals surface area contributed by atoms with Gasteiger partial charge >= 0.3 is 0 Å². The lowest BCUT2D eigenvalue weighted by Gasteiger charge is -2.12. The second-order valence-electron chi connectivity index (χ2n) is 4.02. The van der Waals surface area contributed by atoms with Crippen molar-refractivity contribution in [1.82, 2.24) is 5.32 Å². The smallest absolute Gasteiger partial charge is 0.270 e. The van der Waals surface area contributed by atoms with Gasteiger partial charge < -0.3 is 5.32 Å². The third-order valence-corrected chi connectivity index (χ3v) is 2.67. The minimum atomic E-state index is -0.375. The van der Waals surface area contributed by atoms with Gasteiger partial charge in [0.05, 0.1) is 4.92 Å². The molecule has 17 heavy (non-hydrogen) atoms. The first-order valence-corrected chi connectivity index (χ1v) is 5.70. The number of benzene rings is 1. The van der Waals surface area contributed by atoms with Gasteiger partial charge in [0.25, 0.3) is 5.69 Å². The molecule has 0 aliphatic heterocycles. The molecular formula is C13H18N2O2. The normalized spacial score (nSPS) is 13.5. The fourth-order valence-electron chi connectivity index (χ4n) is 1.58. The van der Waals surface area contributed by atoms with E-state index < -0.39 is 0 Å². The van der Waals surface area contributed by atoms with Gasteiger partial charge in [0.15, 0.2) is 0 Å². The summed E-state index contributed by atoms with van der Waals surface area (Å²) < 4.78 is 0. The van der Waals surface area contributed by atoms with Crippen molar-refractivity contribution in [3.8, 4) is 0 Å². The Balaban J connectivity index is 2.90. The molecule has 1 unspecified atom stereocenters. The van der Waals surface area contributed by atoms with Crippen LogP contribution in [0, 0.1) is 10.1 Å².